The van der Waals surface area contributed by atoms with Gasteiger partial charge in [0.25, 0.3) is 0 Å². The Morgan fingerprint density at radius 3 is 1.88 bits per heavy atom. The van der Waals surface area contributed by atoms with Crippen LogP contribution in [-0.4, -0.2) is 17.2 Å². The van der Waals surface area contributed by atoms with Crippen LogP contribution in [-0.2, 0) is 4.79 Å². The van der Waals surface area contributed by atoms with E-state index in [0.29, 0.717) is 0 Å². The molecule has 44 valence electrons. The summed E-state index contributed by atoms with van der Waals surface area (Å²) in [5.41, 5.74) is 0. The molecule has 4 N–H and O–H groups in total. The summed E-state index contributed by atoms with van der Waals surface area (Å²) in [6, 6.07) is 0. The third-order valence-electron chi connectivity index (χ3n) is 0.341. The van der Waals surface area contributed by atoms with E-state index >= 15 is 0 Å². The molecule has 1 unspecified atom stereocenters. The van der Waals surface area contributed by atoms with E-state index in [4.69, 9.17) is 5.11 Å². The normalized spacial score (nSPS) is 10.2. The molecule has 1 atom stereocenters. The molecule has 0 fully saturated rings. The van der Waals surface area contributed by atoms with E-state index in [-0.39, 0.29) is 35.7 Å². The van der Waals surface area contributed by atoms with Crippen LogP contribution in [0.25, 0.3) is 0 Å². The van der Waals surface area contributed by atoms with Crippen LogP contribution in [0.1, 0.15) is 6.92 Å². The molecule has 0 heterocycles. The van der Waals surface area contributed by atoms with Crippen molar-refractivity contribution in [1.29, 1.82) is 0 Å². The van der Waals surface area contributed by atoms with Crippen molar-refractivity contribution in [2.45, 2.75) is 13.0 Å². The van der Waals surface area contributed by atoms with Crippen LogP contribution in [0.5, 0.6) is 0 Å². The first kappa shape index (κ1) is 15.8. The van der Waals surface area contributed by atoms with Gasteiger partial charge in [-0.25, -0.2) is 0 Å². The maximum atomic E-state index is 9.34. The van der Waals surface area contributed by atoms with Crippen LogP contribution < -0.4 is 40.8 Å². The first-order chi connectivity index (χ1) is 2.64. The molecule has 4 nitrogen and oxygen atoms in total. The third kappa shape index (κ3) is 9.63. The average Bonchev–Trinajstić information content (AvgIpc) is 1.36. The van der Waals surface area contributed by atoms with Crippen LogP contribution in [0, 0.1) is 0 Å². The summed E-state index contributed by atoms with van der Waals surface area (Å²) >= 11 is 0. The molecule has 0 saturated carbocycles. The number of aliphatic hydroxyl groups excluding tert-OH is 1. The molecule has 0 aliphatic carbocycles. The largest absolute Gasteiger partial charge is 1.00 e. The molecule has 0 spiro atoms. The minimum atomic E-state index is -1.44. The molecule has 0 amide bonds. The Labute approximate surface area is 69.8 Å². The third-order valence-corrected chi connectivity index (χ3v) is 0.341. The Kier molecular flexibility index (Phi) is 14.6. The monoisotopic (exact) mass is 129 g/mol. The maximum Gasteiger partial charge on any atom is 1.00 e. The predicted molar refractivity (Wildman–Crippen MR) is 21.7 cm³/mol. The summed E-state index contributed by atoms with van der Waals surface area (Å²) in [5, 5.41) is 17.3. The Balaban J connectivity index is -0.000000125. The fourth-order valence-electron chi connectivity index (χ4n) is 0. The molecule has 0 radical (unpaired) electrons. The second kappa shape index (κ2) is 7.39. The molecule has 0 saturated heterocycles. The van der Waals surface area contributed by atoms with Gasteiger partial charge in [-0.3, -0.25) is 0 Å². The number of hydrogen-bond donors (Lipinski definition) is 2. The van der Waals surface area contributed by atoms with Gasteiger partial charge in [-0.05, 0) is 6.92 Å². The van der Waals surface area contributed by atoms with Gasteiger partial charge >= 0.3 is 29.6 Å². The summed E-state index contributed by atoms with van der Waals surface area (Å²) in [7, 11) is 0. The minimum Gasteiger partial charge on any atom is -0.547 e. The molecular weight excluding hydrogens is 121 g/mol. The summed E-state index contributed by atoms with van der Waals surface area (Å²) in [6.07, 6.45) is -1.34. The van der Waals surface area contributed by atoms with E-state index in [9.17, 15) is 9.90 Å². The number of hydrogen-bond acceptors (Lipinski definition) is 4. The standard InChI is InChI=1S/C3H6O3.H3N.Na/c1-2(4)3(5)6;;/h2,4H,1H3,(H,5,6);1H3;/q;;+1/p-1. The summed E-state index contributed by atoms with van der Waals surface area (Å²) in [4.78, 5) is 9.34. The molecule has 0 bridgehead atoms. The van der Waals surface area contributed by atoms with Crippen LogP contribution in [0.4, 0.5) is 0 Å². The van der Waals surface area contributed by atoms with Gasteiger partial charge in [-0.2, -0.15) is 0 Å². The molecule has 8 heavy (non-hydrogen) atoms. The van der Waals surface area contributed by atoms with Crippen molar-refractivity contribution < 1.29 is 44.6 Å². The SMILES string of the molecule is CC(O)C(=O)[O-].N.[Na+]. The van der Waals surface area contributed by atoms with Gasteiger partial charge < -0.3 is 21.2 Å². The number of aliphatic carboxylic acids is 1. The Hall–Kier alpha value is 0.390. The molecule has 0 aliphatic rings. The van der Waals surface area contributed by atoms with Gasteiger partial charge in [0.15, 0.2) is 0 Å². The van der Waals surface area contributed by atoms with Crippen molar-refractivity contribution in [3.8, 4) is 0 Å². The fraction of sp³-hybridized carbons (Fsp3) is 0.667. The molecular formula is C3H8NNaO3. The molecule has 0 aliphatic heterocycles. The van der Waals surface area contributed by atoms with E-state index in [1.54, 1.807) is 0 Å². The zero-order chi connectivity index (χ0) is 5.15. The topological polar surface area (TPSA) is 95.4 Å². The van der Waals surface area contributed by atoms with Crippen molar-refractivity contribution in [2.24, 2.45) is 0 Å². The van der Waals surface area contributed by atoms with Gasteiger partial charge in [0.05, 0.1) is 12.1 Å². The Morgan fingerprint density at radius 2 is 1.88 bits per heavy atom. The minimum absolute atomic E-state index is 0. The van der Waals surface area contributed by atoms with Crippen molar-refractivity contribution in [3.05, 3.63) is 0 Å². The van der Waals surface area contributed by atoms with E-state index in [1.807, 2.05) is 0 Å². The van der Waals surface area contributed by atoms with Gasteiger partial charge in [-0.1, -0.05) is 0 Å². The Morgan fingerprint density at radius 1 is 1.75 bits per heavy atom. The molecule has 0 aromatic carbocycles. The summed E-state index contributed by atoms with van der Waals surface area (Å²) in [5.74, 6) is -1.44. The fourth-order valence-corrected chi connectivity index (χ4v) is 0. The second-order valence-electron chi connectivity index (χ2n) is 0.995. The van der Waals surface area contributed by atoms with E-state index in [0.717, 1.165) is 6.92 Å². The van der Waals surface area contributed by atoms with Gasteiger partial charge in [0.2, 0.25) is 0 Å². The van der Waals surface area contributed by atoms with Crippen LogP contribution in [0.3, 0.4) is 0 Å². The maximum absolute atomic E-state index is 9.34. The summed E-state index contributed by atoms with van der Waals surface area (Å²) in [6.45, 7) is 1.13. The first-order valence-corrected chi connectivity index (χ1v) is 1.53. The Bertz CT molecular complexity index is 65.5. The van der Waals surface area contributed by atoms with E-state index < -0.39 is 12.1 Å². The molecule has 0 rings (SSSR count). The molecule has 5 heteroatoms. The zero-order valence-electron chi connectivity index (χ0n) is 5.05. The van der Waals surface area contributed by atoms with Gasteiger partial charge in [0, 0.05) is 0 Å². The number of carboxylic acids is 1. The van der Waals surface area contributed by atoms with Crippen LogP contribution in [0.2, 0.25) is 0 Å². The number of carbonyl (C=O) groups excluding carboxylic acids is 1. The second-order valence-corrected chi connectivity index (χ2v) is 0.995. The number of aliphatic hydroxyl groups is 1. The predicted octanol–water partition coefficient (Wildman–Crippen LogP) is -4.72. The van der Waals surface area contributed by atoms with Gasteiger partial charge in [-0.15, -0.1) is 0 Å². The average molecular weight is 129 g/mol. The number of carbonyl (C=O) groups is 1. The van der Waals surface area contributed by atoms with E-state index in [1.165, 1.54) is 0 Å². The van der Waals surface area contributed by atoms with Crippen molar-refractivity contribution >= 4 is 5.97 Å². The number of rotatable bonds is 1. The molecule has 0 aromatic heterocycles. The summed E-state index contributed by atoms with van der Waals surface area (Å²) < 4.78 is 0. The number of carboxylic acid groups (broad SMARTS) is 1. The van der Waals surface area contributed by atoms with Crippen molar-refractivity contribution in [3.63, 3.8) is 0 Å². The van der Waals surface area contributed by atoms with Crippen molar-refractivity contribution in [2.75, 3.05) is 0 Å². The molecule has 0 aromatic rings. The van der Waals surface area contributed by atoms with Crippen molar-refractivity contribution in [1.82, 2.24) is 6.15 Å². The first-order valence-electron chi connectivity index (χ1n) is 1.53. The quantitative estimate of drug-likeness (QED) is 0.348. The van der Waals surface area contributed by atoms with Gasteiger partial charge in [0.1, 0.15) is 0 Å². The van der Waals surface area contributed by atoms with Crippen LogP contribution >= 0.6 is 0 Å². The smallest absolute Gasteiger partial charge is 0.547 e. The van der Waals surface area contributed by atoms with E-state index in [2.05, 4.69) is 0 Å². The van der Waals surface area contributed by atoms with Crippen LogP contribution in [0.15, 0.2) is 0 Å². The zero-order valence-corrected chi connectivity index (χ0v) is 7.05.